The van der Waals surface area contributed by atoms with Crippen molar-refractivity contribution in [3.8, 4) is 0 Å². The van der Waals surface area contributed by atoms with Crippen molar-refractivity contribution in [1.82, 2.24) is 0 Å². The van der Waals surface area contributed by atoms with Crippen LogP contribution >= 0.6 is 11.3 Å². The summed E-state index contributed by atoms with van der Waals surface area (Å²) in [6.45, 7) is 9.36. The fourth-order valence-electron chi connectivity index (χ4n) is 3.24. The second-order valence-corrected chi connectivity index (χ2v) is 8.43. The van der Waals surface area contributed by atoms with Crippen molar-refractivity contribution in [1.29, 1.82) is 0 Å². The fraction of sp³-hybridized carbons (Fsp3) is 0.818. The van der Waals surface area contributed by atoms with Gasteiger partial charge >= 0.3 is 0 Å². The van der Waals surface area contributed by atoms with Crippen LogP contribution in [0.4, 0.5) is 0 Å². The number of aryl methyl sites for hydroxylation is 1. The number of unbranched alkanes of at least 4 members (excludes halogenated alkanes) is 9. The maximum atomic E-state index is 2.49. The molecule has 0 aliphatic heterocycles. The highest BCUT2D eigenvalue weighted by Crippen LogP contribution is 2.35. The smallest absolute Gasteiger partial charge is 0.0107 e. The van der Waals surface area contributed by atoms with Gasteiger partial charge in [0.25, 0.3) is 0 Å². The zero-order valence-electron chi connectivity index (χ0n) is 16.3. The van der Waals surface area contributed by atoms with E-state index in [1.807, 2.05) is 11.3 Å². The second kappa shape index (κ2) is 12.1. The van der Waals surface area contributed by atoms with Gasteiger partial charge < -0.3 is 0 Å². The van der Waals surface area contributed by atoms with Gasteiger partial charge in [0.1, 0.15) is 0 Å². The molecule has 0 nitrogen and oxygen atoms in total. The predicted octanol–water partition coefficient (Wildman–Crippen LogP) is 8.29. The van der Waals surface area contributed by atoms with Crippen molar-refractivity contribution in [3.05, 3.63) is 21.9 Å². The molecule has 0 radical (unpaired) electrons. The molecular weight excluding hydrogens is 296 g/mol. The normalized spacial score (nSPS) is 12.0. The minimum absolute atomic E-state index is 0.403. The fourth-order valence-corrected chi connectivity index (χ4v) is 4.50. The molecule has 0 fully saturated rings. The predicted molar refractivity (Wildman–Crippen MR) is 108 cm³/mol. The molecule has 0 unspecified atom stereocenters. The summed E-state index contributed by atoms with van der Waals surface area (Å²) >= 11 is 1.99. The Morgan fingerprint density at radius 3 is 1.83 bits per heavy atom. The van der Waals surface area contributed by atoms with Crippen LogP contribution in [-0.2, 0) is 11.8 Å². The van der Waals surface area contributed by atoms with E-state index in [1.165, 1.54) is 83.5 Å². The van der Waals surface area contributed by atoms with E-state index in [4.69, 9.17) is 0 Å². The van der Waals surface area contributed by atoms with Crippen molar-refractivity contribution < 1.29 is 0 Å². The molecule has 23 heavy (non-hydrogen) atoms. The molecule has 1 aromatic heterocycles. The summed E-state index contributed by atoms with van der Waals surface area (Å²) in [6.07, 6.45) is 18.1. The molecule has 0 saturated carbocycles. The Labute approximate surface area is 150 Å². The first-order valence-corrected chi connectivity index (χ1v) is 11.1. The van der Waals surface area contributed by atoms with Crippen LogP contribution in [0.1, 0.15) is 115 Å². The van der Waals surface area contributed by atoms with Crippen LogP contribution < -0.4 is 0 Å². The molecule has 1 rings (SSSR count). The first-order valence-electron chi connectivity index (χ1n) is 10.2. The quantitative estimate of drug-likeness (QED) is 0.300. The van der Waals surface area contributed by atoms with E-state index in [1.54, 1.807) is 10.4 Å². The summed E-state index contributed by atoms with van der Waals surface area (Å²) in [7, 11) is 0. The summed E-state index contributed by atoms with van der Waals surface area (Å²) in [5, 5.41) is 2.41. The second-order valence-electron chi connectivity index (χ2n) is 7.52. The van der Waals surface area contributed by atoms with Gasteiger partial charge in [-0.15, -0.1) is 11.3 Å². The Kier molecular flexibility index (Phi) is 10.9. The largest absolute Gasteiger partial charge is 0.148 e. The zero-order valence-corrected chi connectivity index (χ0v) is 17.1. The Hall–Kier alpha value is -0.300. The maximum Gasteiger partial charge on any atom is 0.0107 e. The van der Waals surface area contributed by atoms with Crippen LogP contribution in [0.25, 0.3) is 0 Å². The molecule has 0 aromatic carbocycles. The molecule has 0 N–H and O–H groups in total. The van der Waals surface area contributed by atoms with Gasteiger partial charge in [0.15, 0.2) is 0 Å². The van der Waals surface area contributed by atoms with Crippen molar-refractivity contribution in [2.45, 2.75) is 117 Å². The third-order valence-electron chi connectivity index (χ3n) is 5.63. The van der Waals surface area contributed by atoms with Crippen LogP contribution in [0.2, 0.25) is 0 Å². The molecule has 0 aliphatic rings. The van der Waals surface area contributed by atoms with Gasteiger partial charge in [-0.05, 0) is 42.7 Å². The van der Waals surface area contributed by atoms with E-state index in [0.717, 1.165) is 0 Å². The summed E-state index contributed by atoms with van der Waals surface area (Å²) in [5.41, 5.74) is 1.98. The van der Waals surface area contributed by atoms with Gasteiger partial charge in [-0.3, -0.25) is 0 Å². The van der Waals surface area contributed by atoms with Gasteiger partial charge in [-0.1, -0.05) is 85.5 Å². The van der Waals surface area contributed by atoms with Crippen molar-refractivity contribution in [2.24, 2.45) is 0 Å². The lowest BCUT2D eigenvalue weighted by atomic mass is 9.83. The summed E-state index contributed by atoms with van der Waals surface area (Å²) < 4.78 is 0. The first kappa shape index (κ1) is 20.7. The van der Waals surface area contributed by atoms with Crippen molar-refractivity contribution in [3.63, 3.8) is 0 Å². The topological polar surface area (TPSA) is 0 Å². The van der Waals surface area contributed by atoms with E-state index in [9.17, 15) is 0 Å². The van der Waals surface area contributed by atoms with Gasteiger partial charge in [0.2, 0.25) is 0 Å². The third kappa shape index (κ3) is 7.88. The van der Waals surface area contributed by atoms with E-state index < -0.39 is 0 Å². The van der Waals surface area contributed by atoms with Gasteiger partial charge in [-0.25, -0.2) is 0 Å². The summed E-state index contributed by atoms with van der Waals surface area (Å²) in [5.74, 6) is 0. The monoisotopic (exact) mass is 336 g/mol. The SMILES string of the molecule is CCCCCCCCCCCCc1csc(C(C)(CC)CC)c1. The summed E-state index contributed by atoms with van der Waals surface area (Å²) in [4.78, 5) is 1.60. The minimum Gasteiger partial charge on any atom is -0.148 e. The molecule has 0 aliphatic carbocycles. The standard InChI is InChI=1S/C22H40S/c1-5-8-9-10-11-12-13-14-15-16-17-20-18-21(23-19-20)22(4,6-2)7-3/h18-19H,5-17H2,1-4H3. The number of hydrogen-bond acceptors (Lipinski definition) is 1. The lowest BCUT2D eigenvalue weighted by Gasteiger charge is -2.25. The molecular formula is C22H40S. The molecule has 134 valence electrons. The lowest BCUT2D eigenvalue weighted by molar-refractivity contribution is 0.447. The molecule has 0 bridgehead atoms. The van der Waals surface area contributed by atoms with Crippen molar-refractivity contribution in [2.75, 3.05) is 0 Å². The highest BCUT2D eigenvalue weighted by Gasteiger charge is 2.23. The molecule has 0 amide bonds. The van der Waals surface area contributed by atoms with Crippen LogP contribution in [0.15, 0.2) is 11.4 Å². The highest BCUT2D eigenvalue weighted by atomic mass is 32.1. The molecule has 1 heterocycles. The molecule has 0 spiro atoms. The van der Waals surface area contributed by atoms with Crippen molar-refractivity contribution >= 4 is 11.3 Å². The Balaban J connectivity index is 2.09. The Morgan fingerprint density at radius 1 is 0.783 bits per heavy atom. The van der Waals surface area contributed by atoms with Gasteiger partial charge in [0.05, 0.1) is 0 Å². The molecule has 1 heteroatoms. The van der Waals surface area contributed by atoms with Gasteiger partial charge in [-0.2, -0.15) is 0 Å². The van der Waals surface area contributed by atoms with E-state index in [0.29, 0.717) is 5.41 Å². The van der Waals surface area contributed by atoms with E-state index in [2.05, 4.69) is 39.1 Å². The average molecular weight is 337 g/mol. The van der Waals surface area contributed by atoms with Crippen LogP contribution in [-0.4, -0.2) is 0 Å². The van der Waals surface area contributed by atoms with E-state index in [-0.39, 0.29) is 0 Å². The Morgan fingerprint density at radius 2 is 1.30 bits per heavy atom. The number of thiophene rings is 1. The zero-order chi connectivity index (χ0) is 17.0. The van der Waals surface area contributed by atoms with Crippen LogP contribution in [0.5, 0.6) is 0 Å². The Bertz CT molecular complexity index is 386. The number of rotatable bonds is 14. The van der Waals surface area contributed by atoms with Crippen LogP contribution in [0, 0.1) is 0 Å². The lowest BCUT2D eigenvalue weighted by Crippen LogP contribution is -2.17. The highest BCUT2D eigenvalue weighted by molar-refractivity contribution is 7.10. The van der Waals surface area contributed by atoms with Crippen LogP contribution in [0.3, 0.4) is 0 Å². The minimum atomic E-state index is 0.403. The number of hydrogen-bond donors (Lipinski definition) is 0. The first-order chi connectivity index (χ1) is 11.2. The van der Waals surface area contributed by atoms with E-state index >= 15 is 0 Å². The third-order valence-corrected chi connectivity index (χ3v) is 6.91. The molecule has 0 saturated heterocycles. The molecule has 1 aromatic rings. The van der Waals surface area contributed by atoms with Gasteiger partial charge in [0, 0.05) is 10.3 Å². The average Bonchev–Trinajstić information content (AvgIpc) is 3.05. The maximum absolute atomic E-state index is 2.49. The molecule has 0 atom stereocenters. The summed E-state index contributed by atoms with van der Waals surface area (Å²) in [6, 6.07) is 2.49.